The van der Waals surface area contributed by atoms with Crippen LogP contribution in [0.15, 0.2) is 23.1 Å². The number of nitrogens with zero attached hydrogens (tertiary/aromatic N) is 1. The normalized spacial score (nSPS) is 19.6. The third-order valence-corrected chi connectivity index (χ3v) is 4.37. The van der Waals surface area contributed by atoms with Crippen molar-refractivity contribution >= 4 is 21.2 Å². The summed E-state index contributed by atoms with van der Waals surface area (Å²) in [5.74, 6) is 0. The molecular formula is C12H17N3O4S. The SMILES string of the molecule is CS(=O)(=O)c1cccc(NC2CCCNC2)c1[N+](=O)[O-]. The second kappa shape index (κ2) is 5.76. The second-order valence-corrected chi connectivity index (χ2v) is 6.85. The summed E-state index contributed by atoms with van der Waals surface area (Å²) in [7, 11) is -3.64. The first-order chi connectivity index (χ1) is 9.39. The van der Waals surface area contributed by atoms with E-state index in [0.29, 0.717) is 6.54 Å². The van der Waals surface area contributed by atoms with Crippen LogP contribution in [0.2, 0.25) is 0 Å². The van der Waals surface area contributed by atoms with Gasteiger partial charge in [0.2, 0.25) is 0 Å². The van der Waals surface area contributed by atoms with Gasteiger partial charge in [0.05, 0.1) is 4.92 Å². The number of nitrogens with one attached hydrogen (secondary N) is 2. The van der Waals surface area contributed by atoms with Gasteiger partial charge in [-0.2, -0.15) is 0 Å². The fourth-order valence-corrected chi connectivity index (χ4v) is 3.18. The number of nitro groups is 1. The molecule has 1 aliphatic heterocycles. The molecule has 2 N–H and O–H groups in total. The number of anilines is 1. The van der Waals surface area contributed by atoms with Gasteiger partial charge >= 0.3 is 5.69 Å². The van der Waals surface area contributed by atoms with Gasteiger partial charge in [-0.25, -0.2) is 8.42 Å². The molecule has 1 aliphatic rings. The summed E-state index contributed by atoms with van der Waals surface area (Å²) in [6.45, 7) is 1.64. The van der Waals surface area contributed by atoms with Crippen LogP contribution in [0.3, 0.4) is 0 Å². The smallest absolute Gasteiger partial charge is 0.310 e. The van der Waals surface area contributed by atoms with Crippen molar-refractivity contribution in [2.24, 2.45) is 0 Å². The van der Waals surface area contributed by atoms with Crippen LogP contribution >= 0.6 is 0 Å². The average molecular weight is 299 g/mol. The van der Waals surface area contributed by atoms with Gasteiger partial charge in [-0.05, 0) is 31.5 Å². The first-order valence-corrected chi connectivity index (χ1v) is 8.23. The van der Waals surface area contributed by atoms with Crippen molar-refractivity contribution in [1.29, 1.82) is 0 Å². The van der Waals surface area contributed by atoms with Crippen LogP contribution in [0.25, 0.3) is 0 Å². The highest BCUT2D eigenvalue weighted by atomic mass is 32.2. The fourth-order valence-electron chi connectivity index (χ4n) is 2.32. The van der Waals surface area contributed by atoms with Gasteiger partial charge in [0.25, 0.3) is 0 Å². The highest BCUT2D eigenvalue weighted by molar-refractivity contribution is 7.90. The lowest BCUT2D eigenvalue weighted by atomic mass is 10.1. The van der Waals surface area contributed by atoms with E-state index in [4.69, 9.17) is 0 Å². The molecular weight excluding hydrogens is 282 g/mol. The van der Waals surface area contributed by atoms with Gasteiger partial charge in [0.15, 0.2) is 9.84 Å². The monoisotopic (exact) mass is 299 g/mol. The number of benzene rings is 1. The summed E-state index contributed by atoms with van der Waals surface area (Å²) in [6.07, 6.45) is 2.85. The van der Waals surface area contributed by atoms with Gasteiger partial charge in [-0.15, -0.1) is 0 Å². The van der Waals surface area contributed by atoms with Crippen molar-refractivity contribution in [2.45, 2.75) is 23.8 Å². The van der Waals surface area contributed by atoms with E-state index in [1.807, 2.05) is 0 Å². The van der Waals surface area contributed by atoms with E-state index in [-0.39, 0.29) is 22.3 Å². The fraction of sp³-hybridized carbons (Fsp3) is 0.500. The van der Waals surface area contributed by atoms with Gasteiger partial charge in [0, 0.05) is 18.8 Å². The zero-order chi connectivity index (χ0) is 14.8. The van der Waals surface area contributed by atoms with Crippen LogP contribution in [0, 0.1) is 10.1 Å². The van der Waals surface area contributed by atoms with E-state index < -0.39 is 14.8 Å². The van der Waals surface area contributed by atoms with Gasteiger partial charge in [-0.1, -0.05) is 6.07 Å². The molecule has 1 aromatic carbocycles. The number of hydrogen-bond acceptors (Lipinski definition) is 6. The summed E-state index contributed by atoms with van der Waals surface area (Å²) < 4.78 is 23.3. The molecule has 1 unspecified atom stereocenters. The highest BCUT2D eigenvalue weighted by Crippen LogP contribution is 2.32. The van der Waals surface area contributed by atoms with E-state index in [1.165, 1.54) is 12.1 Å². The molecule has 0 bridgehead atoms. The maximum Gasteiger partial charge on any atom is 0.310 e. The molecule has 1 atom stereocenters. The molecule has 2 rings (SSSR count). The minimum Gasteiger partial charge on any atom is -0.375 e. The Morgan fingerprint density at radius 1 is 1.45 bits per heavy atom. The molecule has 1 aromatic rings. The van der Waals surface area contributed by atoms with Crippen LogP contribution in [0.4, 0.5) is 11.4 Å². The molecule has 0 aliphatic carbocycles. The summed E-state index contributed by atoms with van der Waals surface area (Å²) in [4.78, 5) is 10.3. The van der Waals surface area contributed by atoms with Gasteiger partial charge in [-0.3, -0.25) is 10.1 Å². The molecule has 1 fully saturated rings. The third-order valence-electron chi connectivity index (χ3n) is 3.24. The molecule has 1 saturated heterocycles. The maximum atomic E-state index is 11.7. The van der Waals surface area contributed by atoms with Crippen LogP contribution in [-0.2, 0) is 9.84 Å². The zero-order valence-electron chi connectivity index (χ0n) is 11.1. The predicted octanol–water partition coefficient (Wildman–Crippen LogP) is 1.16. The van der Waals surface area contributed by atoms with Crippen LogP contribution < -0.4 is 10.6 Å². The molecule has 20 heavy (non-hydrogen) atoms. The predicted molar refractivity (Wildman–Crippen MR) is 75.7 cm³/mol. The summed E-state index contributed by atoms with van der Waals surface area (Å²) in [5, 5.41) is 17.5. The van der Waals surface area contributed by atoms with Crippen molar-refractivity contribution < 1.29 is 13.3 Å². The lowest BCUT2D eigenvalue weighted by Crippen LogP contribution is -2.38. The Hall–Kier alpha value is -1.67. The highest BCUT2D eigenvalue weighted by Gasteiger charge is 2.27. The molecule has 0 spiro atoms. The molecule has 0 amide bonds. The van der Waals surface area contributed by atoms with E-state index in [1.54, 1.807) is 6.07 Å². The molecule has 0 aromatic heterocycles. The zero-order valence-corrected chi connectivity index (χ0v) is 11.9. The van der Waals surface area contributed by atoms with E-state index in [0.717, 1.165) is 25.6 Å². The molecule has 8 heteroatoms. The second-order valence-electron chi connectivity index (χ2n) is 4.87. The summed E-state index contributed by atoms with van der Waals surface area (Å²) in [6, 6.07) is 4.39. The lowest BCUT2D eigenvalue weighted by molar-refractivity contribution is -0.386. The minimum atomic E-state index is -3.64. The molecule has 1 heterocycles. The Bertz CT molecular complexity index is 609. The quantitative estimate of drug-likeness (QED) is 0.639. The number of hydrogen-bond donors (Lipinski definition) is 2. The van der Waals surface area contributed by atoms with Crippen molar-refractivity contribution in [2.75, 3.05) is 24.7 Å². The standard InChI is InChI=1S/C12H17N3O4S/c1-20(18,19)11-6-2-5-10(12(11)15(16)17)14-9-4-3-7-13-8-9/h2,5-6,9,13-14H,3-4,7-8H2,1H3. The number of nitro benzene ring substituents is 1. The van der Waals surface area contributed by atoms with Gasteiger partial charge in [0.1, 0.15) is 10.6 Å². The largest absolute Gasteiger partial charge is 0.375 e. The Kier molecular flexibility index (Phi) is 4.24. The first-order valence-electron chi connectivity index (χ1n) is 6.34. The number of rotatable bonds is 4. The van der Waals surface area contributed by atoms with Crippen LogP contribution in [-0.4, -0.2) is 38.7 Å². The number of para-hydroxylation sites is 1. The van der Waals surface area contributed by atoms with Crippen molar-refractivity contribution in [3.05, 3.63) is 28.3 Å². The summed E-state index contributed by atoms with van der Waals surface area (Å²) in [5.41, 5.74) is -0.118. The van der Waals surface area contributed by atoms with E-state index in [9.17, 15) is 18.5 Å². The van der Waals surface area contributed by atoms with Crippen LogP contribution in [0.5, 0.6) is 0 Å². The third kappa shape index (κ3) is 3.26. The Morgan fingerprint density at radius 3 is 2.75 bits per heavy atom. The average Bonchev–Trinajstić information content (AvgIpc) is 2.38. The number of piperidine rings is 1. The topological polar surface area (TPSA) is 101 Å². The summed E-state index contributed by atoms with van der Waals surface area (Å²) >= 11 is 0. The molecule has 7 nitrogen and oxygen atoms in total. The Labute approximate surface area is 117 Å². The Balaban J connectivity index is 2.39. The minimum absolute atomic E-state index is 0.0669. The van der Waals surface area contributed by atoms with E-state index in [2.05, 4.69) is 10.6 Å². The van der Waals surface area contributed by atoms with Crippen molar-refractivity contribution in [1.82, 2.24) is 5.32 Å². The van der Waals surface area contributed by atoms with Gasteiger partial charge < -0.3 is 10.6 Å². The molecule has 0 saturated carbocycles. The van der Waals surface area contributed by atoms with Crippen molar-refractivity contribution in [3.8, 4) is 0 Å². The molecule has 110 valence electrons. The van der Waals surface area contributed by atoms with E-state index >= 15 is 0 Å². The molecule has 0 radical (unpaired) electrons. The maximum absolute atomic E-state index is 11.7. The lowest BCUT2D eigenvalue weighted by Gasteiger charge is -2.24. The Morgan fingerprint density at radius 2 is 2.20 bits per heavy atom. The van der Waals surface area contributed by atoms with Crippen molar-refractivity contribution in [3.63, 3.8) is 0 Å². The number of sulfone groups is 1. The van der Waals surface area contributed by atoms with Crippen LogP contribution in [0.1, 0.15) is 12.8 Å². The first kappa shape index (κ1) is 14.7.